The number of aryl methyl sites for hydroxylation is 1. The van der Waals surface area contributed by atoms with Crippen molar-refractivity contribution in [2.45, 2.75) is 13.5 Å². The number of hydrogen-bond donors (Lipinski definition) is 1. The van der Waals surface area contributed by atoms with E-state index in [-0.39, 0.29) is 12.5 Å². The maximum atomic E-state index is 11.1. The van der Waals surface area contributed by atoms with Gasteiger partial charge in [0.05, 0.1) is 0 Å². The Morgan fingerprint density at radius 2 is 2.14 bits per heavy atom. The van der Waals surface area contributed by atoms with E-state index in [0.717, 1.165) is 5.56 Å². The summed E-state index contributed by atoms with van der Waals surface area (Å²) in [6, 6.07) is 7.97. The Labute approximate surface area is 84.1 Å². The smallest absolute Gasteiger partial charge is 0.246 e. The molecule has 76 valence electrons. The lowest BCUT2D eigenvalue weighted by atomic mass is 10.1. The zero-order valence-corrected chi connectivity index (χ0v) is 8.54. The summed E-state index contributed by atoms with van der Waals surface area (Å²) in [6.45, 7) is 2.71. The van der Waals surface area contributed by atoms with Gasteiger partial charge >= 0.3 is 0 Å². The van der Waals surface area contributed by atoms with Gasteiger partial charge in [-0.05, 0) is 18.1 Å². The minimum absolute atomic E-state index is 0.0873. The molecular formula is C11H15NO2. The minimum Gasteiger partial charge on any atom is -0.375 e. The number of carbonyl (C=O) groups is 1. The molecule has 0 bridgehead atoms. The highest BCUT2D eigenvalue weighted by atomic mass is 16.5. The number of amides is 1. The standard InChI is InChI=1S/C11H15NO2/c1-9-5-3-4-6-10(9)7-12-11(13)8-14-2/h3-6H,7-8H2,1-2H3,(H,12,13). The van der Waals surface area contributed by atoms with Crippen LogP contribution in [0.4, 0.5) is 0 Å². The molecule has 0 radical (unpaired) electrons. The number of hydrogen-bond acceptors (Lipinski definition) is 2. The molecule has 0 saturated heterocycles. The van der Waals surface area contributed by atoms with Crippen molar-refractivity contribution in [3.05, 3.63) is 35.4 Å². The van der Waals surface area contributed by atoms with Gasteiger partial charge in [-0.3, -0.25) is 4.79 Å². The molecule has 0 unspecified atom stereocenters. The molecule has 1 amide bonds. The summed E-state index contributed by atoms with van der Waals surface area (Å²) in [7, 11) is 1.51. The molecule has 3 nitrogen and oxygen atoms in total. The molecule has 0 spiro atoms. The van der Waals surface area contributed by atoms with Crippen LogP contribution >= 0.6 is 0 Å². The van der Waals surface area contributed by atoms with Crippen LogP contribution in [-0.2, 0) is 16.1 Å². The number of methoxy groups -OCH3 is 1. The first kappa shape index (κ1) is 10.7. The molecule has 0 aromatic heterocycles. The van der Waals surface area contributed by atoms with E-state index in [0.29, 0.717) is 6.54 Å². The van der Waals surface area contributed by atoms with Crippen LogP contribution in [0.1, 0.15) is 11.1 Å². The van der Waals surface area contributed by atoms with Gasteiger partial charge < -0.3 is 10.1 Å². The molecule has 1 N–H and O–H groups in total. The molecule has 0 fully saturated rings. The van der Waals surface area contributed by atoms with E-state index < -0.39 is 0 Å². The van der Waals surface area contributed by atoms with Gasteiger partial charge in [-0.25, -0.2) is 0 Å². The first-order valence-electron chi connectivity index (χ1n) is 4.54. The van der Waals surface area contributed by atoms with E-state index in [1.54, 1.807) is 0 Å². The number of benzene rings is 1. The topological polar surface area (TPSA) is 38.3 Å². The second kappa shape index (κ2) is 5.40. The molecule has 1 rings (SSSR count). The summed E-state index contributed by atoms with van der Waals surface area (Å²) in [5.41, 5.74) is 2.32. The zero-order valence-electron chi connectivity index (χ0n) is 8.54. The first-order valence-corrected chi connectivity index (χ1v) is 4.54. The Morgan fingerprint density at radius 3 is 2.79 bits per heavy atom. The number of ether oxygens (including phenoxy) is 1. The Morgan fingerprint density at radius 1 is 1.43 bits per heavy atom. The molecule has 1 aromatic rings. The van der Waals surface area contributed by atoms with Crippen LogP contribution in [0.3, 0.4) is 0 Å². The van der Waals surface area contributed by atoms with Crippen LogP contribution in [-0.4, -0.2) is 19.6 Å². The van der Waals surface area contributed by atoms with Crippen molar-refractivity contribution in [3.8, 4) is 0 Å². The normalized spacial score (nSPS) is 9.86. The highest BCUT2D eigenvalue weighted by Crippen LogP contribution is 2.05. The Kier molecular flexibility index (Phi) is 4.13. The molecule has 0 aliphatic heterocycles. The molecule has 0 saturated carbocycles. The fourth-order valence-electron chi connectivity index (χ4n) is 1.18. The van der Waals surface area contributed by atoms with Crippen LogP contribution < -0.4 is 5.32 Å². The van der Waals surface area contributed by atoms with Gasteiger partial charge in [-0.15, -0.1) is 0 Å². The lowest BCUT2D eigenvalue weighted by Crippen LogP contribution is -2.26. The molecule has 1 aromatic carbocycles. The maximum absolute atomic E-state index is 11.1. The maximum Gasteiger partial charge on any atom is 0.246 e. The third-order valence-corrected chi connectivity index (χ3v) is 2.01. The molecule has 0 aliphatic carbocycles. The SMILES string of the molecule is COCC(=O)NCc1ccccc1C. The predicted octanol–water partition coefficient (Wildman–Crippen LogP) is 1.26. The van der Waals surface area contributed by atoms with Gasteiger partial charge in [0.1, 0.15) is 6.61 Å². The van der Waals surface area contributed by atoms with Gasteiger partial charge in [0.15, 0.2) is 0 Å². The predicted molar refractivity (Wildman–Crippen MR) is 54.9 cm³/mol. The van der Waals surface area contributed by atoms with Crippen LogP contribution in [0.15, 0.2) is 24.3 Å². The highest BCUT2D eigenvalue weighted by molar-refractivity contribution is 5.77. The van der Waals surface area contributed by atoms with Crippen LogP contribution in [0.2, 0.25) is 0 Å². The largest absolute Gasteiger partial charge is 0.375 e. The van der Waals surface area contributed by atoms with Gasteiger partial charge in [0.2, 0.25) is 5.91 Å². The highest BCUT2D eigenvalue weighted by Gasteiger charge is 2.00. The molecule has 0 aliphatic rings. The van der Waals surface area contributed by atoms with Crippen LogP contribution in [0, 0.1) is 6.92 Å². The molecule has 0 heterocycles. The number of nitrogens with one attached hydrogen (secondary N) is 1. The van der Waals surface area contributed by atoms with Gasteiger partial charge in [0.25, 0.3) is 0 Å². The van der Waals surface area contributed by atoms with Crippen molar-refractivity contribution < 1.29 is 9.53 Å². The monoisotopic (exact) mass is 193 g/mol. The Hall–Kier alpha value is -1.35. The minimum atomic E-state index is -0.0873. The second-order valence-electron chi connectivity index (χ2n) is 3.14. The molecule has 3 heteroatoms. The van der Waals surface area contributed by atoms with Crippen molar-refractivity contribution >= 4 is 5.91 Å². The second-order valence-corrected chi connectivity index (χ2v) is 3.14. The van der Waals surface area contributed by atoms with Crippen molar-refractivity contribution in [1.29, 1.82) is 0 Å². The average Bonchev–Trinajstić information content (AvgIpc) is 2.17. The van der Waals surface area contributed by atoms with E-state index in [1.807, 2.05) is 31.2 Å². The quantitative estimate of drug-likeness (QED) is 0.781. The summed E-state index contributed by atoms with van der Waals surface area (Å²) in [5, 5.41) is 2.78. The average molecular weight is 193 g/mol. The van der Waals surface area contributed by atoms with E-state index in [2.05, 4.69) is 5.32 Å². The number of carbonyl (C=O) groups excluding carboxylic acids is 1. The first-order chi connectivity index (χ1) is 6.74. The summed E-state index contributed by atoms with van der Waals surface area (Å²) < 4.78 is 4.71. The third-order valence-electron chi connectivity index (χ3n) is 2.01. The third kappa shape index (κ3) is 3.18. The summed E-state index contributed by atoms with van der Waals surface area (Å²) in [4.78, 5) is 11.1. The summed E-state index contributed by atoms with van der Waals surface area (Å²) >= 11 is 0. The van der Waals surface area contributed by atoms with E-state index in [9.17, 15) is 4.79 Å². The van der Waals surface area contributed by atoms with Crippen molar-refractivity contribution in [3.63, 3.8) is 0 Å². The fourth-order valence-corrected chi connectivity index (χ4v) is 1.18. The van der Waals surface area contributed by atoms with Crippen LogP contribution in [0.5, 0.6) is 0 Å². The summed E-state index contributed by atoms with van der Waals surface area (Å²) in [5.74, 6) is -0.0873. The molecule has 0 atom stereocenters. The van der Waals surface area contributed by atoms with E-state index >= 15 is 0 Å². The van der Waals surface area contributed by atoms with Gasteiger partial charge in [-0.1, -0.05) is 24.3 Å². The van der Waals surface area contributed by atoms with Crippen LogP contribution in [0.25, 0.3) is 0 Å². The van der Waals surface area contributed by atoms with Crippen molar-refractivity contribution in [2.24, 2.45) is 0 Å². The summed E-state index contributed by atoms with van der Waals surface area (Å²) in [6.07, 6.45) is 0. The lowest BCUT2D eigenvalue weighted by molar-refractivity contribution is -0.124. The molecular weight excluding hydrogens is 178 g/mol. The van der Waals surface area contributed by atoms with Crippen molar-refractivity contribution in [1.82, 2.24) is 5.32 Å². The zero-order chi connectivity index (χ0) is 10.4. The van der Waals surface area contributed by atoms with Gasteiger partial charge in [0, 0.05) is 13.7 Å². The van der Waals surface area contributed by atoms with E-state index in [4.69, 9.17) is 4.74 Å². The molecule has 14 heavy (non-hydrogen) atoms. The Bertz CT molecular complexity index is 310. The van der Waals surface area contributed by atoms with Gasteiger partial charge in [-0.2, -0.15) is 0 Å². The Balaban J connectivity index is 2.46. The van der Waals surface area contributed by atoms with Crippen molar-refractivity contribution in [2.75, 3.05) is 13.7 Å². The fraction of sp³-hybridized carbons (Fsp3) is 0.364. The number of rotatable bonds is 4. The lowest BCUT2D eigenvalue weighted by Gasteiger charge is -2.06. The van der Waals surface area contributed by atoms with E-state index in [1.165, 1.54) is 12.7 Å².